The highest BCUT2D eigenvalue weighted by molar-refractivity contribution is 5.35. The molecule has 0 heterocycles. The molecule has 1 aromatic carbocycles. The number of hydrogen-bond acceptors (Lipinski definition) is 3. The van der Waals surface area contributed by atoms with E-state index in [0.717, 1.165) is 16.1 Å². The van der Waals surface area contributed by atoms with Crippen LogP contribution < -0.4 is 0 Å². The molecule has 0 amide bonds. The second kappa shape index (κ2) is 4.09. The third-order valence-corrected chi connectivity index (χ3v) is 3.08. The number of rotatable bonds is 3. The van der Waals surface area contributed by atoms with Crippen molar-refractivity contribution < 1.29 is 10.1 Å². The predicted octanol–water partition coefficient (Wildman–Crippen LogP) is 1.16. The number of hydrogen-bond donors (Lipinski definition) is 1. The van der Waals surface area contributed by atoms with Crippen LogP contribution in [-0.2, 0) is 6.42 Å². The van der Waals surface area contributed by atoms with Crippen molar-refractivity contribution in [3.63, 3.8) is 0 Å². The van der Waals surface area contributed by atoms with Gasteiger partial charge in [0.2, 0.25) is 0 Å². The molecule has 2 rings (SSSR count). The fourth-order valence-electron chi connectivity index (χ4n) is 2.29. The number of aliphatic hydroxyl groups is 1. The maximum atomic E-state index is 10.8. The zero-order chi connectivity index (χ0) is 11.7. The van der Waals surface area contributed by atoms with Gasteiger partial charge < -0.3 is 5.11 Å². The van der Waals surface area contributed by atoms with Gasteiger partial charge >= 0.3 is 0 Å². The maximum absolute atomic E-state index is 10.8. The van der Waals surface area contributed by atoms with E-state index in [1.165, 1.54) is 0 Å². The van der Waals surface area contributed by atoms with Crippen LogP contribution in [0.15, 0.2) is 24.3 Å². The second-order valence-electron chi connectivity index (χ2n) is 3.91. The number of fused-ring (bicyclic) bond motifs is 1. The Morgan fingerprint density at radius 2 is 2.25 bits per heavy atom. The summed E-state index contributed by atoms with van der Waals surface area (Å²) in [5.41, 5.74) is 1.81. The summed E-state index contributed by atoms with van der Waals surface area (Å²) in [4.78, 5) is 10.8. The molecular weight excluding hydrogens is 208 g/mol. The minimum absolute atomic E-state index is 0.294. The summed E-state index contributed by atoms with van der Waals surface area (Å²) in [6.07, 6.45) is -0.229. The highest BCUT2D eigenvalue weighted by atomic mass is 16.7. The zero-order valence-electron chi connectivity index (χ0n) is 9.04. The van der Waals surface area contributed by atoms with Gasteiger partial charge in [-0.2, -0.15) is 0 Å². The van der Waals surface area contributed by atoms with Crippen molar-refractivity contribution in [2.24, 2.45) is 0 Å². The van der Waals surface area contributed by atoms with Crippen LogP contribution in [0.4, 0.5) is 0 Å². The average molecular weight is 222 g/mol. The van der Waals surface area contributed by atoms with E-state index in [9.17, 15) is 15.2 Å². The molecule has 1 aromatic rings. The van der Waals surface area contributed by atoms with Crippen molar-refractivity contribution in [3.05, 3.63) is 45.5 Å². The van der Waals surface area contributed by atoms with E-state index >= 15 is 0 Å². The first-order chi connectivity index (χ1) is 7.65. The van der Waals surface area contributed by atoms with Crippen LogP contribution in [-0.4, -0.2) is 27.7 Å². The van der Waals surface area contributed by atoms with Crippen LogP contribution in [0.1, 0.15) is 24.2 Å². The van der Waals surface area contributed by atoms with E-state index in [-0.39, 0.29) is 0 Å². The summed E-state index contributed by atoms with van der Waals surface area (Å²) < 4.78 is 0. The van der Waals surface area contributed by atoms with Crippen molar-refractivity contribution >= 4 is 0 Å². The minimum Gasteiger partial charge on any atom is -0.386 e. The minimum atomic E-state index is -0.762. The lowest BCUT2D eigenvalue weighted by Crippen LogP contribution is -2.42. The summed E-state index contributed by atoms with van der Waals surface area (Å²) in [7, 11) is 0. The summed E-state index contributed by atoms with van der Waals surface area (Å²) in [5.74, 6) is 0. The molecule has 0 saturated carbocycles. The highest BCUT2D eigenvalue weighted by Gasteiger charge is 2.39. The van der Waals surface area contributed by atoms with Gasteiger partial charge in [0.15, 0.2) is 5.03 Å². The number of hydrazine groups is 1. The van der Waals surface area contributed by atoms with E-state index < -0.39 is 17.2 Å². The Balaban J connectivity index is 2.27. The first-order valence-electron chi connectivity index (χ1n) is 5.32. The molecule has 0 radical (unpaired) electrons. The normalized spacial score (nSPS) is 22.9. The fraction of sp³-hybridized carbons (Fsp3) is 0.455. The van der Waals surface area contributed by atoms with E-state index in [0.29, 0.717) is 13.0 Å². The summed E-state index contributed by atoms with van der Waals surface area (Å²) in [5, 5.41) is 21.6. The largest absolute Gasteiger partial charge is 0.386 e. The van der Waals surface area contributed by atoms with Gasteiger partial charge in [0.05, 0.1) is 6.54 Å². The van der Waals surface area contributed by atoms with Gasteiger partial charge in [-0.3, -0.25) is 0 Å². The molecular formula is C11H14N2O3. The molecule has 0 bridgehead atoms. The molecule has 0 saturated heterocycles. The predicted molar refractivity (Wildman–Crippen MR) is 58.3 cm³/mol. The third-order valence-electron chi connectivity index (χ3n) is 3.08. The fourth-order valence-corrected chi connectivity index (χ4v) is 2.29. The van der Waals surface area contributed by atoms with Crippen LogP contribution in [0.2, 0.25) is 0 Å². The van der Waals surface area contributed by atoms with E-state index in [1.54, 1.807) is 6.92 Å². The molecule has 0 unspecified atom stereocenters. The number of nitrogens with zero attached hydrogens (tertiary/aromatic N) is 2. The lowest BCUT2D eigenvalue weighted by molar-refractivity contribution is -0.665. The molecule has 5 nitrogen and oxygen atoms in total. The van der Waals surface area contributed by atoms with Gasteiger partial charge in [-0.05, 0) is 18.1 Å². The van der Waals surface area contributed by atoms with E-state index in [1.807, 2.05) is 24.3 Å². The van der Waals surface area contributed by atoms with Crippen molar-refractivity contribution in [1.82, 2.24) is 5.01 Å². The molecule has 1 N–H and O–H groups in total. The molecule has 16 heavy (non-hydrogen) atoms. The van der Waals surface area contributed by atoms with Crippen LogP contribution in [0.25, 0.3) is 0 Å². The quantitative estimate of drug-likeness (QED) is 0.615. The van der Waals surface area contributed by atoms with Gasteiger partial charge in [0.25, 0.3) is 0 Å². The number of aliphatic hydroxyl groups excluding tert-OH is 1. The Hall–Kier alpha value is -1.62. The van der Waals surface area contributed by atoms with Crippen LogP contribution in [0.3, 0.4) is 0 Å². The molecule has 0 aliphatic heterocycles. The van der Waals surface area contributed by atoms with Gasteiger partial charge in [-0.1, -0.05) is 24.3 Å². The number of benzene rings is 1. The maximum Gasteiger partial charge on any atom is 0.160 e. The van der Waals surface area contributed by atoms with E-state index in [4.69, 9.17) is 0 Å². The summed E-state index contributed by atoms with van der Waals surface area (Å²) >= 11 is 0. The highest BCUT2D eigenvalue weighted by Crippen LogP contribution is 2.34. The SMILES string of the molecule is CCN([C@@H]1Cc2ccccc2[C@H]1O)[N+](=O)[O-]. The Morgan fingerprint density at radius 1 is 1.56 bits per heavy atom. The number of nitro groups is 1. The summed E-state index contributed by atoms with van der Waals surface area (Å²) in [6.45, 7) is 2.02. The van der Waals surface area contributed by atoms with Crippen molar-refractivity contribution in [2.45, 2.75) is 25.5 Å². The summed E-state index contributed by atoms with van der Waals surface area (Å²) in [6, 6.07) is 7.01. The Morgan fingerprint density at radius 3 is 2.81 bits per heavy atom. The molecule has 0 aromatic heterocycles. The lowest BCUT2D eigenvalue weighted by Gasteiger charge is -2.22. The lowest BCUT2D eigenvalue weighted by atomic mass is 10.1. The molecule has 2 atom stereocenters. The molecule has 1 aliphatic carbocycles. The molecule has 1 aliphatic rings. The number of likely N-dealkylation sites (N-methyl/N-ethyl adjacent to an activating group) is 1. The second-order valence-corrected chi connectivity index (χ2v) is 3.91. The Kier molecular flexibility index (Phi) is 2.78. The van der Waals surface area contributed by atoms with Crippen LogP contribution >= 0.6 is 0 Å². The first-order valence-corrected chi connectivity index (χ1v) is 5.32. The first kappa shape index (κ1) is 10.9. The van der Waals surface area contributed by atoms with Gasteiger partial charge in [-0.15, -0.1) is 5.01 Å². The third kappa shape index (κ3) is 1.63. The van der Waals surface area contributed by atoms with Crippen molar-refractivity contribution in [1.29, 1.82) is 0 Å². The van der Waals surface area contributed by atoms with Gasteiger partial charge in [0, 0.05) is 6.42 Å². The zero-order valence-corrected chi connectivity index (χ0v) is 9.04. The Bertz CT molecular complexity index is 408. The van der Waals surface area contributed by atoms with Crippen LogP contribution in [0, 0.1) is 10.1 Å². The average Bonchev–Trinajstić information content (AvgIpc) is 2.58. The molecule has 5 heteroatoms. The van der Waals surface area contributed by atoms with Crippen molar-refractivity contribution in [3.8, 4) is 0 Å². The topological polar surface area (TPSA) is 66.6 Å². The molecule has 0 fully saturated rings. The van der Waals surface area contributed by atoms with Crippen LogP contribution in [0.5, 0.6) is 0 Å². The molecule has 86 valence electrons. The standard InChI is InChI=1S/C11H14N2O3/c1-2-12(13(15)16)10-7-8-5-3-4-6-9(8)11(10)14/h3-6,10-11,14H,2,7H2,1H3/t10-,11-/m1/s1. The smallest absolute Gasteiger partial charge is 0.160 e. The Labute approximate surface area is 93.4 Å². The van der Waals surface area contributed by atoms with E-state index in [2.05, 4.69) is 0 Å². The van der Waals surface area contributed by atoms with Crippen molar-refractivity contribution in [2.75, 3.05) is 6.54 Å². The monoisotopic (exact) mass is 222 g/mol. The van der Waals surface area contributed by atoms with Gasteiger partial charge in [0.1, 0.15) is 12.1 Å². The van der Waals surface area contributed by atoms with Gasteiger partial charge in [-0.25, -0.2) is 10.1 Å². The molecule has 0 spiro atoms.